The molecule has 0 saturated heterocycles. The summed E-state index contributed by atoms with van der Waals surface area (Å²) in [6, 6.07) is 9.66. The average Bonchev–Trinajstić information content (AvgIpc) is 2.91. The second-order valence-corrected chi connectivity index (χ2v) is 5.11. The number of aromatic nitrogens is 2. The predicted molar refractivity (Wildman–Crippen MR) is 72.5 cm³/mol. The quantitative estimate of drug-likeness (QED) is 0.850. The molecular formula is C14H17N3O. The molecular weight excluding hydrogens is 226 g/mol. The summed E-state index contributed by atoms with van der Waals surface area (Å²) in [5, 5.41) is 6.44. The first-order valence-electron chi connectivity index (χ1n) is 6.32. The Balaban J connectivity index is 2.12. The van der Waals surface area contributed by atoms with Crippen LogP contribution >= 0.6 is 0 Å². The van der Waals surface area contributed by atoms with E-state index < -0.39 is 0 Å². The lowest BCUT2D eigenvalue weighted by Crippen LogP contribution is -2.22. The lowest BCUT2D eigenvalue weighted by atomic mass is 9.92. The van der Waals surface area contributed by atoms with Gasteiger partial charge in [0.2, 0.25) is 0 Å². The number of para-hydroxylation sites is 1. The number of H-pyrrole nitrogens is 1. The third kappa shape index (κ3) is 1.56. The van der Waals surface area contributed by atoms with Gasteiger partial charge in [0.25, 0.3) is 5.56 Å². The Morgan fingerprint density at radius 2 is 2.00 bits per heavy atom. The van der Waals surface area contributed by atoms with E-state index in [1.54, 1.807) is 4.68 Å². The maximum Gasteiger partial charge on any atom is 0.276 e. The van der Waals surface area contributed by atoms with Crippen LogP contribution in [0.3, 0.4) is 0 Å². The largest absolute Gasteiger partial charge is 0.370 e. The molecule has 0 radical (unpaired) electrons. The number of benzene rings is 1. The van der Waals surface area contributed by atoms with E-state index in [0.29, 0.717) is 11.8 Å². The Morgan fingerprint density at radius 1 is 1.28 bits per heavy atom. The van der Waals surface area contributed by atoms with Crippen LogP contribution in [-0.4, -0.2) is 16.3 Å². The van der Waals surface area contributed by atoms with Crippen molar-refractivity contribution < 1.29 is 0 Å². The van der Waals surface area contributed by atoms with Crippen LogP contribution in [0.1, 0.15) is 25.3 Å². The molecule has 0 aliphatic carbocycles. The standard InChI is InChI=1S/C14H17N3O/c1-9(2)11-8-15-13-12(11)14(18)17(16-13)10-6-4-3-5-7-10/h3-7,9,11,15-16H,8H2,1-2H3/t11-/m1/s1. The Labute approximate surface area is 106 Å². The molecule has 18 heavy (non-hydrogen) atoms. The summed E-state index contributed by atoms with van der Waals surface area (Å²) >= 11 is 0. The highest BCUT2D eigenvalue weighted by Crippen LogP contribution is 2.32. The molecule has 1 atom stereocenters. The summed E-state index contributed by atoms with van der Waals surface area (Å²) in [4.78, 5) is 12.5. The van der Waals surface area contributed by atoms with Gasteiger partial charge in [-0.2, -0.15) is 0 Å². The Kier molecular flexibility index (Phi) is 2.51. The minimum Gasteiger partial charge on any atom is -0.370 e. The first kappa shape index (κ1) is 11.1. The normalized spacial score (nSPS) is 17.8. The average molecular weight is 243 g/mol. The topological polar surface area (TPSA) is 49.8 Å². The zero-order chi connectivity index (χ0) is 12.7. The number of hydrogen-bond acceptors (Lipinski definition) is 2. The Hall–Kier alpha value is -1.97. The minimum absolute atomic E-state index is 0.0694. The summed E-state index contributed by atoms with van der Waals surface area (Å²) in [6.07, 6.45) is 0. The third-order valence-electron chi connectivity index (χ3n) is 3.62. The molecule has 1 aliphatic rings. The minimum atomic E-state index is 0.0694. The van der Waals surface area contributed by atoms with Crippen molar-refractivity contribution in [3.63, 3.8) is 0 Å². The number of rotatable bonds is 2. The van der Waals surface area contributed by atoms with Crippen molar-refractivity contribution in [3.05, 3.63) is 46.2 Å². The molecule has 1 aromatic heterocycles. The summed E-state index contributed by atoms with van der Waals surface area (Å²) in [6.45, 7) is 5.16. The smallest absolute Gasteiger partial charge is 0.276 e. The van der Waals surface area contributed by atoms with Crippen molar-refractivity contribution >= 4 is 5.82 Å². The van der Waals surface area contributed by atoms with Crippen LogP contribution in [0.5, 0.6) is 0 Å². The maximum absolute atomic E-state index is 12.5. The van der Waals surface area contributed by atoms with Gasteiger partial charge < -0.3 is 5.32 Å². The zero-order valence-electron chi connectivity index (χ0n) is 10.6. The van der Waals surface area contributed by atoms with E-state index in [2.05, 4.69) is 24.3 Å². The zero-order valence-corrected chi connectivity index (χ0v) is 10.6. The molecule has 4 heteroatoms. The van der Waals surface area contributed by atoms with E-state index >= 15 is 0 Å². The molecule has 94 valence electrons. The van der Waals surface area contributed by atoms with Crippen molar-refractivity contribution in [1.82, 2.24) is 9.78 Å². The van der Waals surface area contributed by atoms with Crippen molar-refractivity contribution in [2.24, 2.45) is 5.92 Å². The van der Waals surface area contributed by atoms with E-state index in [1.165, 1.54) is 0 Å². The number of anilines is 1. The van der Waals surface area contributed by atoms with Crippen LogP contribution in [0.25, 0.3) is 5.69 Å². The molecule has 0 unspecified atom stereocenters. The lowest BCUT2D eigenvalue weighted by Gasteiger charge is -2.12. The van der Waals surface area contributed by atoms with Gasteiger partial charge in [-0.05, 0) is 18.1 Å². The maximum atomic E-state index is 12.5. The molecule has 1 aliphatic heterocycles. The number of hydrogen-bond donors (Lipinski definition) is 2. The van der Waals surface area contributed by atoms with Gasteiger partial charge in [-0.3, -0.25) is 9.89 Å². The monoisotopic (exact) mass is 243 g/mol. The van der Waals surface area contributed by atoms with Crippen molar-refractivity contribution in [2.45, 2.75) is 19.8 Å². The summed E-state index contributed by atoms with van der Waals surface area (Å²) in [7, 11) is 0. The Bertz CT molecular complexity index is 610. The molecule has 2 heterocycles. The van der Waals surface area contributed by atoms with Crippen LogP contribution in [-0.2, 0) is 0 Å². The number of fused-ring (bicyclic) bond motifs is 1. The molecule has 1 aromatic carbocycles. The fourth-order valence-electron chi connectivity index (χ4n) is 2.57. The number of nitrogens with zero attached hydrogens (tertiary/aromatic N) is 1. The van der Waals surface area contributed by atoms with Gasteiger partial charge in [0.05, 0.1) is 11.3 Å². The predicted octanol–water partition coefficient (Wildman–Crippen LogP) is 2.33. The van der Waals surface area contributed by atoms with Gasteiger partial charge in [-0.15, -0.1) is 0 Å². The van der Waals surface area contributed by atoms with Crippen molar-refractivity contribution in [1.29, 1.82) is 0 Å². The van der Waals surface area contributed by atoms with Crippen LogP contribution in [0.4, 0.5) is 5.82 Å². The van der Waals surface area contributed by atoms with Crippen molar-refractivity contribution in [3.8, 4) is 5.69 Å². The van der Waals surface area contributed by atoms with Crippen LogP contribution in [0.15, 0.2) is 35.1 Å². The van der Waals surface area contributed by atoms with Crippen LogP contribution in [0, 0.1) is 5.92 Å². The molecule has 0 amide bonds. The molecule has 2 aromatic rings. The first-order valence-corrected chi connectivity index (χ1v) is 6.32. The van der Waals surface area contributed by atoms with Gasteiger partial charge in [0.1, 0.15) is 5.82 Å². The molecule has 2 N–H and O–H groups in total. The van der Waals surface area contributed by atoms with Gasteiger partial charge in [-0.1, -0.05) is 32.0 Å². The molecule has 0 bridgehead atoms. The second kappa shape index (κ2) is 4.05. The molecule has 4 nitrogen and oxygen atoms in total. The first-order chi connectivity index (χ1) is 8.68. The Morgan fingerprint density at radius 3 is 2.67 bits per heavy atom. The summed E-state index contributed by atoms with van der Waals surface area (Å²) in [5.74, 6) is 1.64. The highest BCUT2D eigenvalue weighted by atomic mass is 16.1. The fourth-order valence-corrected chi connectivity index (χ4v) is 2.57. The van der Waals surface area contributed by atoms with Gasteiger partial charge in [0.15, 0.2) is 0 Å². The van der Waals surface area contributed by atoms with Crippen molar-refractivity contribution in [2.75, 3.05) is 11.9 Å². The third-order valence-corrected chi connectivity index (χ3v) is 3.62. The van der Waals surface area contributed by atoms with Crippen LogP contribution < -0.4 is 10.9 Å². The van der Waals surface area contributed by atoms with E-state index in [-0.39, 0.29) is 5.56 Å². The molecule has 0 saturated carbocycles. The summed E-state index contributed by atoms with van der Waals surface area (Å²) in [5.41, 5.74) is 1.84. The molecule has 0 spiro atoms. The second-order valence-electron chi connectivity index (χ2n) is 5.11. The number of aromatic amines is 1. The summed E-state index contributed by atoms with van der Waals surface area (Å²) < 4.78 is 1.62. The van der Waals surface area contributed by atoms with Gasteiger partial charge in [-0.25, -0.2) is 4.68 Å². The van der Waals surface area contributed by atoms with Gasteiger partial charge in [0, 0.05) is 12.5 Å². The number of nitrogens with one attached hydrogen (secondary N) is 2. The van der Waals surface area contributed by atoms with E-state index in [4.69, 9.17) is 0 Å². The molecule has 0 fully saturated rings. The van der Waals surface area contributed by atoms with E-state index in [1.807, 2.05) is 30.3 Å². The SMILES string of the molecule is CC(C)[C@H]1CNc2[nH]n(-c3ccccc3)c(=O)c21. The highest BCUT2D eigenvalue weighted by molar-refractivity contribution is 5.52. The van der Waals surface area contributed by atoms with E-state index in [0.717, 1.165) is 23.6 Å². The van der Waals surface area contributed by atoms with E-state index in [9.17, 15) is 4.79 Å². The molecule has 3 rings (SSSR count). The highest BCUT2D eigenvalue weighted by Gasteiger charge is 2.31. The van der Waals surface area contributed by atoms with Gasteiger partial charge >= 0.3 is 0 Å². The lowest BCUT2D eigenvalue weighted by molar-refractivity contribution is 0.528. The van der Waals surface area contributed by atoms with Crippen LogP contribution in [0.2, 0.25) is 0 Å². The fraction of sp³-hybridized carbons (Fsp3) is 0.357.